The number of carbonyl (C=O) groups is 1. The molecule has 0 saturated carbocycles. The number of carboxylic acid groups (broad SMARTS) is 1. The molecule has 162 valence electrons. The summed E-state index contributed by atoms with van der Waals surface area (Å²) in [6.45, 7) is 5.08. The van der Waals surface area contributed by atoms with Gasteiger partial charge in [-0.3, -0.25) is 4.79 Å². The van der Waals surface area contributed by atoms with Gasteiger partial charge >= 0.3 is 5.97 Å². The molecule has 1 heterocycles. The maximum atomic E-state index is 11.4. The quantitative estimate of drug-likeness (QED) is 0.568. The highest BCUT2D eigenvalue weighted by atomic mass is 16.7. The first-order valence-corrected chi connectivity index (χ1v) is 10.3. The van der Waals surface area contributed by atoms with E-state index in [4.69, 9.17) is 9.47 Å². The molecule has 1 unspecified atom stereocenters. The molecule has 7 heteroatoms. The van der Waals surface area contributed by atoms with E-state index >= 15 is 0 Å². The molecule has 4 N–H and O–H groups in total. The van der Waals surface area contributed by atoms with Gasteiger partial charge in [0.05, 0.1) is 17.6 Å². The van der Waals surface area contributed by atoms with E-state index in [1.165, 1.54) is 5.56 Å². The van der Waals surface area contributed by atoms with Crippen molar-refractivity contribution in [1.82, 2.24) is 0 Å². The zero-order valence-corrected chi connectivity index (χ0v) is 17.2. The van der Waals surface area contributed by atoms with Crippen LogP contribution in [0.2, 0.25) is 0 Å². The van der Waals surface area contributed by atoms with Crippen molar-refractivity contribution in [1.29, 1.82) is 0 Å². The van der Waals surface area contributed by atoms with Crippen LogP contribution < -0.4 is 0 Å². The third kappa shape index (κ3) is 4.81. The van der Waals surface area contributed by atoms with Gasteiger partial charge < -0.3 is 29.9 Å². The average Bonchev–Trinajstić information content (AvgIpc) is 2.69. The van der Waals surface area contributed by atoms with Gasteiger partial charge in [-0.2, -0.15) is 0 Å². The van der Waals surface area contributed by atoms with Crippen LogP contribution in [0.5, 0.6) is 0 Å². The molecular weight excluding hydrogens is 376 g/mol. The molecule has 1 aromatic carbocycles. The van der Waals surface area contributed by atoms with E-state index < -0.39 is 42.1 Å². The monoisotopic (exact) mass is 408 g/mol. The zero-order chi connectivity index (χ0) is 21.3. The van der Waals surface area contributed by atoms with Crippen molar-refractivity contribution >= 4 is 5.97 Å². The number of aryl methyl sites for hydroxylation is 2. The number of benzene rings is 1. The highest BCUT2D eigenvalue weighted by Gasteiger charge is 2.43. The van der Waals surface area contributed by atoms with E-state index in [1.807, 2.05) is 6.07 Å². The largest absolute Gasteiger partial charge is 0.481 e. The van der Waals surface area contributed by atoms with Crippen LogP contribution in [-0.4, -0.2) is 57.1 Å². The highest BCUT2D eigenvalue weighted by Crippen LogP contribution is 2.37. The lowest BCUT2D eigenvalue weighted by molar-refractivity contribution is -0.306. The van der Waals surface area contributed by atoms with Gasteiger partial charge in [0.25, 0.3) is 0 Å². The van der Waals surface area contributed by atoms with Crippen molar-refractivity contribution in [3.05, 3.63) is 34.9 Å². The molecule has 0 aromatic heterocycles. The fourth-order valence-corrected chi connectivity index (χ4v) is 3.95. The molecule has 29 heavy (non-hydrogen) atoms. The number of fused-ring (bicyclic) bond motifs is 1. The summed E-state index contributed by atoms with van der Waals surface area (Å²) >= 11 is 0. The van der Waals surface area contributed by atoms with Crippen molar-refractivity contribution in [2.45, 2.75) is 89.7 Å². The Kier molecular flexibility index (Phi) is 6.65. The molecule has 1 aromatic rings. The molecule has 3 rings (SSSR count). The smallest absolute Gasteiger partial charge is 0.309 e. The summed E-state index contributed by atoms with van der Waals surface area (Å²) in [7, 11) is 0. The van der Waals surface area contributed by atoms with Crippen molar-refractivity contribution in [3.63, 3.8) is 0 Å². The zero-order valence-electron chi connectivity index (χ0n) is 17.2. The molecule has 1 aliphatic carbocycles. The molecule has 0 spiro atoms. The summed E-state index contributed by atoms with van der Waals surface area (Å²) in [4.78, 5) is 11.4. The van der Waals surface area contributed by atoms with Crippen LogP contribution in [0.25, 0.3) is 0 Å². The van der Waals surface area contributed by atoms with Crippen molar-refractivity contribution in [2.75, 3.05) is 0 Å². The number of aliphatic hydroxyl groups is 3. The maximum absolute atomic E-state index is 11.4. The van der Waals surface area contributed by atoms with Crippen LogP contribution in [0.15, 0.2) is 18.2 Å². The Bertz CT molecular complexity index is 732. The van der Waals surface area contributed by atoms with Crippen LogP contribution in [0.4, 0.5) is 0 Å². The van der Waals surface area contributed by atoms with Gasteiger partial charge in [-0.15, -0.1) is 0 Å². The van der Waals surface area contributed by atoms with Crippen LogP contribution in [-0.2, 0) is 27.1 Å². The van der Waals surface area contributed by atoms with E-state index in [1.54, 1.807) is 20.8 Å². The molecule has 1 aliphatic heterocycles. The fraction of sp³-hybridized carbons (Fsp3) is 0.682. The summed E-state index contributed by atoms with van der Waals surface area (Å²) in [5.41, 5.74) is 2.44. The standard InChI is InChI=1S/C22H32O7/c1-12-17(23)18(24)19(25)20(28-12)29-16-6-4-5-14-8-7-13(11-15(14)16)9-10-22(2,3)21(26)27/h7-8,11-12,16-20,23-25H,4-6,9-10H2,1-3H3,(H,26,27)/t12-,16?,17+,18+,19-,20-/m0/s1. The molecule has 0 amide bonds. The van der Waals surface area contributed by atoms with E-state index in [0.29, 0.717) is 12.8 Å². The second kappa shape index (κ2) is 8.70. The molecular formula is C22H32O7. The first kappa shape index (κ1) is 22.2. The van der Waals surface area contributed by atoms with Gasteiger partial charge in [0.1, 0.15) is 18.3 Å². The Morgan fingerprint density at radius 3 is 2.62 bits per heavy atom. The number of ether oxygens (including phenoxy) is 2. The Hall–Kier alpha value is -1.51. The minimum Gasteiger partial charge on any atom is -0.481 e. The predicted octanol–water partition coefficient (Wildman–Crippen LogP) is 1.95. The van der Waals surface area contributed by atoms with E-state index in [2.05, 4.69) is 12.1 Å². The van der Waals surface area contributed by atoms with Crippen LogP contribution in [0.3, 0.4) is 0 Å². The Morgan fingerprint density at radius 2 is 1.93 bits per heavy atom. The Morgan fingerprint density at radius 1 is 1.21 bits per heavy atom. The topological polar surface area (TPSA) is 116 Å². The Labute approximate surface area is 171 Å². The molecule has 0 radical (unpaired) electrons. The van der Waals surface area contributed by atoms with E-state index in [-0.39, 0.29) is 6.10 Å². The van der Waals surface area contributed by atoms with Crippen molar-refractivity contribution < 1.29 is 34.7 Å². The predicted molar refractivity (Wildman–Crippen MR) is 105 cm³/mol. The second-order valence-electron chi connectivity index (χ2n) is 8.92. The van der Waals surface area contributed by atoms with E-state index in [0.717, 1.165) is 30.4 Å². The summed E-state index contributed by atoms with van der Waals surface area (Å²) in [6.07, 6.45) is -1.97. The molecule has 2 aliphatic rings. The normalized spacial score (nSPS) is 32.6. The Balaban J connectivity index is 1.74. The summed E-state index contributed by atoms with van der Waals surface area (Å²) < 4.78 is 11.7. The minimum atomic E-state index is -1.33. The minimum absolute atomic E-state index is 0.291. The first-order chi connectivity index (χ1) is 13.6. The van der Waals surface area contributed by atoms with Crippen LogP contribution in [0.1, 0.15) is 62.8 Å². The third-order valence-corrected chi connectivity index (χ3v) is 6.19. The van der Waals surface area contributed by atoms with Crippen LogP contribution in [0, 0.1) is 5.41 Å². The number of aliphatic carboxylic acids is 1. The fourth-order valence-electron chi connectivity index (χ4n) is 3.95. The summed E-state index contributed by atoms with van der Waals surface area (Å²) in [5.74, 6) is -0.810. The van der Waals surface area contributed by atoms with Gasteiger partial charge in [-0.25, -0.2) is 0 Å². The van der Waals surface area contributed by atoms with Crippen molar-refractivity contribution in [3.8, 4) is 0 Å². The number of aliphatic hydroxyl groups excluding tert-OH is 3. The lowest BCUT2D eigenvalue weighted by Crippen LogP contribution is -2.57. The SMILES string of the molecule is C[C@@H]1O[C@@H](OC2CCCc3ccc(CCC(C)(C)C(=O)O)cc32)[C@@H](O)[C@H](O)[C@@H]1O. The molecule has 1 fully saturated rings. The molecule has 0 bridgehead atoms. The molecule has 6 atom stereocenters. The van der Waals surface area contributed by atoms with Gasteiger partial charge in [-0.05, 0) is 69.6 Å². The molecule has 7 nitrogen and oxygen atoms in total. The summed E-state index contributed by atoms with van der Waals surface area (Å²) in [6, 6.07) is 6.15. The first-order valence-electron chi connectivity index (χ1n) is 10.3. The number of carboxylic acids is 1. The van der Waals surface area contributed by atoms with E-state index in [9.17, 15) is 25.2 Å². The van der Waals surface area contributed by atoms with Crippen molar-refractivity contribution in [2.24, 2.45) is 5.41 Å². The lowest BCUT2D eigenvalue weighted by atomic mass is 9.84. The van der Waals surface area contributed by atoms with Crippen LogP contribution >= 0.6 is 0 Å². The lowest BCUT2D eigenvalue weighted by Gasteiger charge is -2.41. The maximum Gasteiger partial charge on any atom is 0.309 e. The number of hydrogen-bond donors (Lipinski definition) is 4. The highest BCUT2D eigenvalue weighted by molar-refractivity contribution is 5.73. The second-order valence-corrected chi connectivity index (χ2v) is 8.92. The van der Waals surface area contributed by atoms with Gasteiger partial charge in [0.2, 0.25) is 0 Å². The third-order valence-electron chi connectivity index (χ3n) is 6.19. The average molecular weight is 408 g/mol. The summed E-state index contributed by atoms with van der Waals surface area (Å²) in [5, 5.41) is 39.5. The van der Waals surface area contributed by atoms with Gasteiger partial charge in [0, 0.05) is 0 Å². The number of rotatable bonds is 6. The molecule has 1 saturated heterocycles. The van der Waals surface area contributed by atoms with Gasteiger partial charge in [-0.1, -0.05) is 18.2 Å². The van der Waals surface area contributed by atoms with Gasteiger partial charge in [0.15, 0.2) is 6.29 Å². The number of hydrogen-bond acceptors (Lipinski definition) is 6.